The molecule has 0 atom stereocenters. The molecule has 1 saturated carbocycles. The van der Waals surface area contributed by atoms with Crippen molar-refractivity contribution in [3.63, 3.8) is 0 Å². The number of nitrogens with zero attached hydrogens (tertiary/aromatic N) is 5. The average Bonchev–Trinajstić information content (AvgIpc) is 3.32. The number of hydrogen-bond donors (Lipinski definition) is 1. The SMILES string of the molecule is Cc1cnn(-c2ncncc2N2CCC(C(=O)NC3CC3)CC2)c1. The molecule has 1 amide bonds. The van der Waals surface area contributed by atoms with E-state index in [2.05, 4.69) is 25.3 Å². The minimum absolute atomic E-state index is 0.127. The van der Waals surface area contributed by atoms with Crippen LogP contribution in [0.2, 0.25) is 0 Å². The third-order valence-corrected chi connectivity index (χ3v) is 4.73. The molecule has 0 unspecified atom stereocenters. The molecule has 2 fully saturated rings. The second kappa shape index (κ2) is 6.22. The van der Waals surface area contributed by atoms with Crippen LogP contribution in [0.3, 0.4) is 0 Å². The molecule has 4 rings (SSSR count). The molecule has 3 heterocycles. The molecule has 1 saturated heterocycles. The number of hydrogen-bond acceptors (Lipinski definition) is 5. The zero-order valence-electron chi connectivity index (χ0n) is 13.9. The predicted molar refractivity (Wildman–Crippen MR) is 90.0 cm³/mol. The van der Waals surface area contributed by atoms with Crippen LogP contribution < -0.4 is 10.2 Å². The molecule has 2 aromatic rings. The van der Waals surface area contributed by atoms with Gasteiger partial charge in [-0.05, 0) is 38.2 Å². The fourth-order valence-electron chi connectivity index (χ4n) is 3.17. The molecule has 1 aliphatic heterocycles. The van der Waals surface area contributed by atoms with Gasteiger partial charge >= 0.3 is 0 Å². The van der Waals surface area contributed by atoms with Gasteiger partial charge < -0.3 is 10.2 Å². The quantitative estimate of drug-likeness (QED) is 0.921. The van der Waals surface area contributed by atoms with E-state index in [4.69, 9.17) is 0 Å². The third kappa shape index (κ3) is 3.11. The van der Waals surface area contributed by atoms with Crippen LogP contribution in [0, 0.1) is 12.8 Å². The van der Waals surface area contributed by atoms with Crippen LogP contribution >= 0.6 is 0 Å². The van der Waals surface area contributed by atoms with E-state index in [0.29, 0.717) is 6.04 Å². The first kappa shape index (κ1) is 15.1. The lowest BCUT2D eigenvalue weighted by atomic mass is 9.95. The van der Waals surface area contributed by atoms with E-state index < -0.39 is 0 Å². The molecule has 2 aromatic heterocycles. The molecule has 0 spiro atoms. The van der Waals surface area contributed by atoms with Crippen molar-refractivity contribution in [2.24, 2.45) is 5.92 Å². The van der Waals surface area contributed by atoms with E-state index >= 15 is 0 Å². The topological polar surface area (TPSA) is 75.9 Å². The van der Waals surface area contributed by atoms with Crippen LogP contribution in [0.25, 0.3) is 5.82 Å². The van der Waals surface area contributed by atoms with Crippen molar-refractivity contribution in [1.82, 2.24) is 25.1 Å². The van der Waals surface area contributed by atoms with Gasteiger partial charge in [0.15, 0.2) is 5.82 Å². The van der Waals surface area contributed by atoms with E-state index in [1.165, 1.54) is 0 Å². The van der Waals surface area contributed by atoms with Crippen molar-refractivity contribution in [3.05, 3.63) is 30.5 Å². The number of piperidine rings is 1. The highest BCUT2D eigenvalue weighted by Gasteiger charge is 2.30. The van der Waals surface area contributed by atoms with Crippen LogP contribution in [0.4, 0.5) is 5.69 Å². The van der Waals surface area contributed by atoms with Crippen molar-refractivity contribution in [2.45, 2.75) is 38.6 Å². The first-order chi connectivity index (χ1) is 11.7. The fourth-order valence-corrected chi connectivity index (χ4v) is 3.17. The Bertz CT molecular complexity index is 730. The Hall–Kier alpha value is -2.44. The van der Waals surface area contributed by atoms with Crippen LogP contribution in [-0.4, -0.2) is 44.8 Å². The number of anilines is 1. The van der Waals surface area contributed by atoms with Gasteiger partial charge in [-0.1, -0.05) is 0 Å². The highest BCUT2D eigenvalue weighted by molar-refractivity contribution is 5.79. The molecule has 2 aliphatic rings. The van der Waals surface area contributed by atoms with Crippen molar-refractivity contribution >= 4 is 11.6 Å². The lowest BCUT2D eigenvalue weighted by molar-refractivity contribution is -0.125. The maximum atomic E-state index is 12.2. The van der Waals surface area contributed by atoms with Gasteiger partial charge in [0.05, 0.1) is 12.4 Å². The molecule has 24 heavy (non-hydrogen) atoms. The summed E-state index contributed by atoms with van der Waals surface area (Å²) in [7, 11) is 0. The number of aromatic nitrogens is 4. The summed E-state index contributed by atoms with van der Waals surface area (Å²) in [5, 5.41) is 7.48. The van der Waals surface area contributed by atoms with Gasteiger partial charge in [0.1, 0.15) is 12.0 Å². The number of carbonyl (C=O) groups is 1. The number of rotatable bonds is 4. The van der Waals surface area contributed by atoms with Gasteiger partial charge in [-0.25, -0.2) is 14.6 Å². The molecule has 1 N–H and O–H groups in total. The Morgan fingerprint density at radius 1 is 1.21 bits per heavy atom. The standard InChI is InChI=1S/C17H22N6O/c1-12-8-20-23(10-12)16-15(9-18-11-19-16)22-6-4-13(5-7-22)17(24)21-14-2-3-14/h8-11,13-14H,2-7H2,1H3,(H,21,24). The summed E-state index contributed by atoms with van der Waals surface area (Å²) in [4.78, 5) is 23.1. The van der Waals surface area contributed by atoms with Crippen LogP contribution in [-0.2, 0) is 4.79 Å². The van der Waals surface area contributed by atoms with Crippen molar-refractivity contribution in [3.8, 4) is 5.82 Å². The van der Waals surface area contributed by atoms with Gasteiger partial charge in [-0.3, -0.25) is 4.79 Å². The third-order valence-electron chi connectivity index (χ3n) is 4.73. The van der Waals surface area contributed by atoms with Crippen molar-refractivity contribution < 1.29 is 4.79 Å². The van der Waals surface area contributed by atoms with Crippen LogP contribution in [0.1, 0.15) is 31.2 Å². The van der Waals surface area contributed by atoms with Gasteiger partial charge in [-0.2, -0.15) is 5.10 Å². The number of carbonyl (C=O) groups excluding carboxylic acids is 1. The van der Waals surface area contributed by atoms with Gasteiger partial charge in [-0.15, -0.1) is 0 Å². The minimum Gasteiger partial charge on any atom is -0.367 e. The average molecular weight is 326 g/mol. The monoisotopic (exact) mass is 326 g/mol. The summed E-state index contributed by atoms with van der Waals surface area (Å²) in [5.74, 6) is 1.14. The summed E-state index contributed by atoms with van der Waals surface area (Å²) < 4.78 is 1.79. The molecule has 0 radical (unpaired) electrons. The minimum atomic E-state index is 0.127. The van der Waals surface area contributed by atoms with E-state index in [-0.39, 0.29) is 11.8 Å². The van der Waals surface area contributed by atoms with E-state index in [1.54, 1.807) is 11.0 Å². The maximum Gasteiger partial charge on any atom is 0.223 e. The summed E-state index contributed by atoms with van der Waals surface area (Å²) in [6.45, 7) is 3.68. The van der Waals surface area contributed by atoms with Gasteiger partial charge in [0.25, 0.3) is 0 Å². The summed E-state index contributed by atoms with van der Waals surface area (Å²) in [6, 6.07) is 0.438. The van der Waals surface area contributed by atoms with E-state index in [9.17, 15) is 4.79 Å². The Morgan fingerprint density at radius 2 is 2.00 bits per heavy atom. The summed E-state index contributed by atoms with van der Waals surface area (Å²) in [5.41, 5.74) is 2.07. The Morgan fingerprint density at radius 3 is 2.67 bits per heavy atom. The lowest BCUT2D eigenvalue weighted by Crippen LogP contribution is -2.41. The van der Waals surface area contributed by atoms with Crippen molar-refractivity contribution in [2.75, 3.05) is 18.0 Å². The molecule has 7 nitrogen and oxygen atoms in total. The first-order valence-corrected chi connectivity index (χ1v) is 8.57. The summed E-state index contributed by atoms with van der Waals surface area (Å²) in [6.07, 6.45) is 11.2. The Balaban J connectivity index is 1.46. The zero-order chi connectivity index (χ0) is 16.5. The molecule has 7 heteroatoms. The van der Waals surface area contributed by atoms with Gasteiger partial charge in [0.2, 0.25) is 5.91 Å². The zero-order valence-corrected chi connectivity index (χ0v) is 13.9. The maximum absolute atomic E-state index is 12.2. The lowest BCUT2D eigenvalue weighted by Gasteiger charge is -2.33. The predicted octanol–water partition coefficient (Wildman–Crippen LogP) is 1.47. The van der Waals surface area contributed by atoms with E-state index in [0.717, 1.165) is 55.8 Å². The fraction of sp³-hybridized carbons (Fsp3) is 0.529. The molecular formula is C17H22N6O. The van der Waals surface area contributed by atoms with Crippen LogP contribution in [0.5, 0.6) is 0 Å². The van der Waals surface area contributed by atoms with Gasteiger partial charge in [0, 0.05) is 31.2 Å². The second-order valence-corrected chi connectivity index (χ2v) is 6.74. The highest BCUT2D eigenvalue weighted by atomic mass is 16.2. The molecule has 0 bridgehead atoms. The molecule has 1 aliphatic carbocycles. The molecule has 126 valence electrons. The Labute approximate surface area is 141 Å². The first-order valence-electron chi connectivity index (χ1n) is 8.57. The second-order valence-electron chi connectivity index (χ2n) is 6.74. The van der Waals surface area contributed by atoms with Crippen LogP contribution in [0.15, 0.2) is 24.9 Å². The highest BCUT2D eigenvalue weighted by Crippen LogP contribution is 2.27. The molecular weight excluding hydrogens is 304 g/mol. The number of amides is 1. The normalized spacial score (nSPS) is 18.6. The Kier molecular flexibility index (Phi) is 3.92. The largest absolute Gasteiger partial charge is 0.367 e. The number of aryl methyl sites for hydroxylation is 1. The molecule has 0 aromatic carbocycles. The number of nitrogens with one attached hydrogen (secondary N) is 1. The van der Waals surface area contributed by atoms with E-state index in [1.807, 2.05) is 25.5 Å². The summed E-state index contributed by atoms with van der Waals surface area (Å²) >= 11 is 0. The smallest absolute Gasteiger partial charge is 0.223 e. The van der Waals surface area contributed by atoms with Crippen molar-refractivity contribution in [1.29, 1.82) is 0 Å².